The zero-order valence-electron chi connectivity index (χ0n) is 24.1. The van der Waals surface area contributed by atoms with Gasteiger partial charge in [0.15, 0.2) is 0 Å². The molecule has 4 aromatic carbocycles. The second-order valence-electron chi connectivity index (χ2n) is 9.91. The van der Waals surface area contributed by atoms with Gasteiger partial charge in [-0.25, -0.2) is 0 Å². The van der Waals surface area contributed by atoms with Crippen LogP contribution in [0.15, 0.2) is 152 Å². The number of nitrogens with zero attached hydrogens (tertiary/aromatic N) is 3. The van der Waals surface area contributed by atoms with E-state index in [1.165, 1.54) is 16.7 Å². The zero-order chi connectivity index (χ0) is 29.3. The summed E-state index contributed by atoms with van der Waals surface area (Å²) in [6.07, 6.45) is 5.54. The van der Waals surface area contributed by atoms with Gasteiger partial charge in [-0.3, -0.25) is 9.97 Å². The number of hydrogen-bond donors (Lipinski definition) is 0. The molecule has 3 nitrogen and oxygen atoms in total. The molecule has 212 valence electrons. The molecular formula is C40H28IrN3. The molecule has 0 radical (unpaired) electrons. The summed E-state index contributed by atoms with van der Waals surface area (Å²) in [7, 11) is 0. The van der Waals surface area contributed by atoms with Gasteiger partial charge in [0.1, 0.15) is 0 Å². The molecule has 0 bridgehead atoms. The Morgan fingerprint density at radius 3 is 1.55 bits per heavy atom. The number of hydrogen-bond acceptors (Lipinski definition) is 3. The van der Waals surface area contributed by atoms with Crippen LogP contribution in [0, 0.1) is 25.1 Å². The summed E-state index contributed by atoms with van der Waals surface area (Å²) < 4.78 is 0. The molecule has 0 atom stereocenters. The first-order chi connectivity index (χ1) is 21.2. The molecule has 7 rings (SSSR count). The van der Waals surface area contributed by atoms with Crippen LogP contribution < -0.4 is 0 Å². The Morgan fingerprint density at radius 2 is 1.02 bits per heavy atom. The first-order valence-electron chi connectivity index (χ1n) is 14.1. The number of aromatic nitrogens is 3. The Labute approximate surface area is 272 Å². The molecule has 0 aliphatic heterocycles. The molecule has 0 aliphatic carbocycles. The number of rotatable bonds is 5. The predicted molar refractivity (Wildman–Crippen MR) is 175 cm³/mol. The normalized spacial score (nSPS) is 10.2. The van der Waals surface area contributed by atoms with E-state index in [4.69, 9.17) is 0 Å². The number of benzene rings is 4. The van der Waals surface area contributed by atoms with E-state index in [0.717, 1.165) is 44.9 Å². The minimum absolute atomic E-state index is 0. The van der Waals surface area contributed by atoms with Crippen molar-refractivity contribution >= 4 is 0 Å². The Balaban J connectivity index is 0.000000175. The zero-order valence-corrected chi connectivity index (χ0v) is 26.5. The molecule has 0 aliphatic rings. The van der Waals surface area contributed by atoms with Gasteiger partial charge in [-0.1, -0.05) is 60.7 Å². The minimum Gasteiger partial charge on any atom is -0.304 e. The van der Waals surface area contributed by atoms with Gasteiger partial charge < -0.3 is 4.98 Å². The summed E-state index contributed by atoms with van der Waals surface area (Å²) >= 11 is 0. The third kappa shape index (κ3) is 7.48. The fourth-order valence-electron chi connectivity index (χ4n) is 4.77. The average Bonchev–Trinajstić information content (AvgIpc) is 3.10. The van der Waals surface area contributed by atoms with E-state index < -0.39 is 0 Å². The smallest absolute Gasteiger partial charge is 0.304 e. The molecule has 0 amide bonds. The molecule has 3 heterocycles. The quantitative estimate of drug-likeness (QED) is 0.165. The predicted octanol–water partition coefficient (Wildman–Crippen LogP) is 9.60. The van der Waals surface area contributed by atoms with E-state index in [-0.39, 0.29) is 20.1 Å². The third-order valence-electron chi connectivity index (χ3n) is 6.94. The second kappa shape index (κ2) is 14.9. The maximum absolute atomic E-state index is 4.55. The second-order valence-corrected chi connectivity index (χ2v) is 9.91. The molecule has 0 saturated heterocycles. The summed E-state index contributed by atoms with van der Waals surface area (Å²) in [5.41, 5.74) is 11.4. The molecule has 0 N–H and O–H groups in total. The van der Waals surface area contributed by atoms with Gasteiger partial charge in [-0.15, -0.1) is 71.3 Å². The van der Waals surface area contributed by atoms with Gasteiger partial charge in [0.2, 0.25) is 0 Å². The van der Waals surface area contributed by atoms with E-state index in [2.05, 4.69) is 58.3 Å². The van der Waals surface area contributed by atoms with Crippen molar-refractivity contribution < 1.29 is 20.1 Å². The van der Waals surface area contributed by atoms with Crippen LogP contribution >= 0.6 is 0 Å². The van der Waals surface area contributed by atoms with Gasteiger partial charge >= 0.3 is 20.1 Å². The van der Waals surface area contributed by atoms with E-state index in [1.54, 1.807) is 12.4 Å². The fourth-order valence-corrected chi connectivity index (χ4v) is 4.77. The van der Waals surface area contributed by atoms with Crippen molar-refractivity contribution in [1.29, 1.82) is 0 Å². The monoisotopic (exact) mass is 743 g/mol. The maximum atomic E-state index is 4.55. The van der Waals surface area contributed by atoms with Crippen molar-refractivity contribution in [3.05, 3.63) is 176 Å². The summed E-state index contributed by atoms with van der Waals surface area (Å²) in [4.78, 5) is 13.3. The molecule has 44 heavy (non-hydrogen) atoms. The molecule has 0 unspecified atom stereocenters. The van der Waals surface area contributed by atoms with Crippen molar-refractivity contribution in [3.8, 4) is 56.0 Å². The largest absolute Gasteiger partial charge is 3.00 e. The molecular weight excluding hydrogens is 715 g/mol. The Hall–Kier alpha value is -5.02. The Bertz CT molecular complexity index is 1830. The van der Waals surface area contributed by atoms with Crippen molar-refractivity contribution in [2.75, 3.05) is 0 Å². The third-order valence-corrected chi connectivity index (χ3v) is 6.94. The molecule has 0 fully saturated rings. The van der Waals surface area contributed by atoms with Crippen LogP contribution in [0.1, 0.15) is 5.56 Å². The minimum atomic E-state index is 0. The first kappa shape index (κ1) is 30.4. The van der Waals surface area contributed by atoms with E-state index in [0.29, 0.717) is 0 Å². The number of pyridine rings is 3. The van der Waals surface area contributed by atoms with Crippen LogP contribution in [0.4, 0.5) is 0 Å². The van der Waals surface area contributed by atoms with Crippen molar-refractivity contribution in [2.45, 2.75) is 6.92 Å². The summed E-state index contributed by atoms with van der Waals surface area (Å²) in [5.74, 6) is 0. The van der Waals surface area contributed by atoms with Crippen molar-refractivity contribution in [3.63, 3.8) is 0 Å². The van der Waals surface area contributed by atoms with Crippen molar-refractivity contribution in [1.82, 2.24) is 15.0 Å². The van der Waals surface area contributed by atoms with Crippen LogP contribution in [-0.2, 0) is 20.1 Å². The summed E-state index contributed by atoms with van der Waals surface area (Å²) in [6.45, 7) is 2.12. The molecule has 0 spiro atoms. The van der Waals surface area contributed by atoms with Crippen LogP contribution in [0.2, 0.25) is 0 Å². The first-order valence-corrected chi connectivity index (χ1v) is 14.1. The Kier molecular flexibility index (Phi) is 10.3. The standard InChI is InChI=1S/C22H14N2.C18H14N.Ir/c1-3-13-23-21(11-1)19-9-5-7-17(15-19)18-8-6-10-20(16-18)22-12-2-4-14-24-22;1-14-12-18(16-10-6-3-7-11-16)19-13-17(14)15-8-4-2-5-9-15;/h1-14H;2-10,12-13H,1H3;/q-2;-1;+3. The van der Waals surface area contributed by atoms with Gasteiger partial charge in [0, 0.05) is 35.5 Å². The number of aryl methyl sites for hydroxylation is 1. The molecule has 4 heteroatoms. The summed E-state index contributed by atoms with van der Waals surface area (Å²) in [6, 6.07) is 54.4. The van der Waals surface area contributed by atoms with Gasteiger partial charge in [-0.05, 0) is 35.9 Å². The Morgan fingerprint density at radius 1 is 0.477 bits per heavy atom. The van der Waals surface area contributed by atoms with Crippen LogP contribution in [0.25, 0.3) is 56.0 Å². The van der Waals surface area contributed by atoms with Crippen LogP contribution in [0.3, 0.4) is 0 Å². The molecule has 0 saturated carbocycles. The molecule has 3 aromatic heterocycles. The van der Waals surface area contributed by atoms with Gasteiger partial charge in [0.25, 0.3) is 0 Å². The molecule has 7 aromatic rings. The maximum Gasteiger partial charge on any atom is 3.00 e. The van der Waals surface area contributed by atoms with Crippen LogP contribution in [0.5, 0.6) is 0 Å². The fraction of sp³-hybridized carbons (Fsp3) is 0.0250. The summed E-state index contributed by atoms with van der Waals surface area (Å²) in [5, 5.41) is 0. The van der Waals surface area contributed by atoms with Gasteiger partial charge in [0.05, 0.1) is 0 Å². The van der Waals surface area contributed by atoms with E-state index in [1.807, 2.05) is 121 Å². The van der Waals surface area contributed by atoms with Crippen molar-refractivity contribution in [2.24, 2.45) is 0 Å². The topological polar surface area (TPSA) is 38.7 Å². The van der Waals surface area contributed by atoms with Gasteiger partial charge in [-0.2, -0.15) is 35.4 Å². The van der Waals surface area contributed by atoms with E-state index >= 15 is 0 Å². The average molecular weight is 743 g/mol. The van der Waals surface area contributed by atoms with E-state index in [9.17, 15) is 0 Å². The van der Waals surface area contributed by atoms with Crippen LogP contribution in [-0.4, -0.2) is 15.0 Å². The SMILES string of the molecule is Cc1cc(-c2[c-]cccc2)ncc1-c1ccccc1.[Ir+3].[c-]1c(-c2[c-]c(-c3ccccn3)ccc2)cccc1-c1ccccn1.